The maximum absolute atomic E-state index is 12.2. The van der Waals surface area contributed by atoms with Crippen molar-refractivity contribution < 1.29 is 4.79 Å². The van der Waals surface area contributed by atoms with Crippen molar-refractivity contribution in [3.63, 3.8) is 0 Å². The van der Waals surface area contributed by atoms with Crippen molar-refractivity contribution in [3.8, 4) is 0 Å². The molecule has 1 aromatic carbocycles. The summed E-state index contributed by atoms with van der Waals surface area (Å²) in [5.74, 6) is 0.740. The second-order valence-electron chi connectivity index (χ2n) is 4.88. The monoisotopic (exact) mass is 378 g/mol. The lowest BCUT2D eigenvalue weighted by Crippen LogP contribution is -2.25. The molecule has 1 aromatic heterocycles. The van der Waals surface area contributed by atoms with Crippen LogP contribution in [0.15, 0.2) is 52.1 Å². The first-order valence-electron chi connectivity index (χ1n) is 7.31. The lowest BCUT2D eigenvalue weighted by atomic mass is 10.2. The van der Waals surface area contributed by atoms with E-state index in [1.54, 1.807) is 24.0 Å². The summed E-state index contributed by atoms with van der Waals surface area (Å²) in [5.41, 5.74) is 1.85. The van der Waals surface area contributed by atoms with E-state index >= 15 is 0 Å². The van der Waals surface area contributed by atoms with E-state index in [1.807, 2.05) is 18.2 Å². The summed E-state index contributed by atoms with van der Waals surface area (Å²) in [5, 5.41) is 3.72. The van der Waals surface area contributed by atoms with Gasteiger partial charge in [0.2, 0.25) is 0 Å². The number of nitrogens with zero attached hydrogens (tertiary/aromatic N) is 1. The van der Waals surface area contributed by atoms with Crippen molar-refractivity contribution in [1.82, 2.24) is 10.3 Å². The van der Waals surface area contributed by atoms with Crippen LogP contribution in [0.3, 0.4) is 0 Å². The van der Waals surface area contributed by atoms with Gasteiger partial charge in [0.25, 0.3) is 5.91 Å². The second kappa shape index (κ2) is 8.96. The van der Waals surface area contributed by atoms with Gasteiger partial charge in [0.15, 0.2) is 0 Å². The summed E-state index contributed by atoms with van der Waals surface area (Å²) in [7, 11) is 0. The highest BCUT2D eigenvalue weighted by molar-refractivity contribution is 9.10. The fourth-order valence-corrected chi connectivity index (χ4v) is 3.31. The lowest BCUT2D eigenvalue weighted by molar-refractivity contribution is 0.0949. The largest absolute Gasteiger partial charge is 0.352 e. The summed E-state index contributed by atoms with van der Waals surface area (Å²) < 4.78 is 1.06. The van der Waals surface area contributed by atoms with Gasteiger partial charge in [0.1, 0.15) is 5.03 Å². The van der Waals surface area contributed by atoms with Gasteiger partial charge in [-0.15, -0.1) is 11.8 Å². The molecule has 0 spiro atoms. The molecule has 0 saturated heterocycles. The molecule has 0 aliphatic rings. The van der Waals surface area contributed by atoms with Gasteiger partial charge >= 0.3 is 0 Å². The third-order valence-electron chi connectivity index (χ3n) is 3.10. The summed E-state index contributed by atoms with van der Waals surface area (Å²) >= 11 is 5.06. The molecular weight excluding hydrogens is 360 g/mol. The van der Waals surface area contributed by atoms with Gasteiger partial charge in [0.05, 0.1) is 5.56 Å². The molecule has 2 aromatic rings. The molecule has 2 rings (SSSR count). The number of aromatic nitrogens is 1. The molecule has 0 fully saturated rings. The molecule has 0 atom stereocenters. The number of rotatable bonds is 7. The maximum atomic E-state index is 12.2. The molecule has 0 aliphatic carbocycles. The van der Waals surface area contributed by atoms with Crippen LogP contribution in [0.4, 0.5) is 0 Å². The van der Waals surface area contributed by atoms with E-state index in [0.717, 1.165) is 28.1 Å². The number of hydrogen-bond donors (Lipinski definition) is 1. The van der Waals surface area contributed by atoms with E-state index < -0.39 is 0 Å². The third-order valence-corrected chi connectivity index (χ3v) is 4.67. The highest BCUT2D eigenvalue weighted by atomic mass is 79.9. The van der Waals surface area contributed by atoms with Crippen molar-refractivity contribution in [2.24, 2.45) is 0 Å². The Kier molecular flexibility index (Phi) is 6.93. The van der Waals surface area contributed by atoms with Crippen LogP contribution in [-0.4, -0.2) is 17.4 Å². The zero-order chi connectivity index (χ0) is 15.8. The van der Waals surface area contributed by atoms with Crippen LogP contribution in [0.1, 0.15) is 35.7 Å². The van der Waals surface area contributed by atoms with Gasteiger partial charge in [-0.1, -0.05) is 41.4 Å². The number of thioether (sulfide) groups is 1. The predicted octanol–water partition coefficient (Wildman–Crippen LogP) is 4.67. The Bertz CT molecular complexity index is 634. The number of pyridine rings is 1. The summed E-state index contributed by atoms with van der Waals surface area (Å²) in [6.45, 7) is 2.81. The number of nitrogens with one attached hydrogen (secondary N) is 1. The SMILES string of the molecule is CCCCNC(=O)c1cccnc1SCc1cccc(Br)c1. The predicted molar refractivity (Wildman–Crippen MR) is 95.2 cm³/mol. The second-order valence-corrected chi connectivity index (χ2v) is 6.76. The minimum absolute atomic E-state index is 0.0432. The van der Waals surface area contributed by atoms with E-state index in [1.165, 1.54) is 5.56 Å². The lowest BCUT2D eigenvalue weighted by Gasteiger charge is -2.09. The summed E-state index contributed by atoms with van der Waals surface area (Å²) in [6.07, 6.45) is 3.79. The molecule has 1 N–H and O–H groups in total. The number of hydrogen-bond acceptors (Lipinski definition) is 3. The first-order chi connectivity index (χ1) is 10.7. The van der Waals surface area contributed by atoms with Crippen molar-refractivity contribution in [2.45, 2.75) is 30.5 Å². The molecule has 0 unspecified atom stereocenters. The molecule has 22 heavy (non-hydrogen) atoms. The van der Waals surface area contributed by atoms with Crippen molar-refractivity contribution >= 4 is 33.6 Å². The normalized spacial score (nSPS) is 10.5. The smallest absolute Gasteiger partial charge is 0.254 e. The Labute approximate surface area is 144 Å². The van der Waals surface area contributed by atoms with Gasteiger partial charge in [-0.2, -0.15) is 0 Å². The summed E-state index contributed by atoms with van der Waals surface area (Å²) in [6, 6.07) is 11.8. The van der Waals surface area contributed by atoms with E-state index in [2.05, 4.69) is 45.3 Å². The van der Waals surface area contributed by atoms with Crippen LogP contribution in [0.25, 0.3) is 0 Å². The molecule has 116 valence electrons. The van der Waals surface area contributed by atoms with Crippen molar-refractivity contribution in [3.05, 3.63) is 58.2 Å². The van der Waals surface area contributed by atoms with Gasteiger partial charge < -0.3 is 5.32 Å². The third kappa shape index (κ3) is 5.14. The number of halogens is 1. The number of amides is 1. The molecule has 0 bridgehead atoms. The van der Waals surface area contributed by atoms with Crippen molar-refractivity contribution in [1.29, 1.82) is 0 Å². The fraction of sp³-hybridized carbons (Fsp3) is 0.294. The Balaban J connectivity index is 2.03. The number of unbranched alkanes of at least 4 members (excludes halogenated alkanes) is 1. The Morgan fingerprint density at radius 3 is 2.95 bits per heavy atom. The minimum atomic E-state index is -0.0432. The summed E-state index contributed by atoms with van der Waals surface area (Å²) in [4.78, 5) is 16.6. The Morgan fingerprint density at radius 2 is 2.18 bits per heavy atom. The molecule has 0 radical (unpaired) electrons. The van der Waals surface area contributed by atoms with Gasteiger partial charge in [-0.3, -0.25) is 4.79 Å². The molecule has 0 aliphatic heterocycles. The first-order valence-corrected chi connectivity index (χ1v) is 9.09. The van der Waals surface area contributed by atoms with Gasteiger partial charge in [-0.05, 0) is 36.2 Å². The van der Waals surface area contributed by atoms with Crippen LogP contribution in [0.2, 0.25) is 0 Å². The van der Waals surface area contributed by atoms with Crippen LogP contribution in [-0.2, 0) is 5.75 Å². The zero-order valence-electron chi connectivity index (χ0n) is 12.5. The average Bonchev–Trinajstić information content (AvgIpc) is 2.53. The average molecular weight is 379 g/mol. The Morgan fingerprint density at radius 1 is 1.32 bits per heavy atom. The molecular formula is C17H19BrN2OS. The molecule has 3 nitrogen and oxygen atoms in total. The first kappa shape index (κ1) is 17.0. The molecule has 1 heterocycles. The van der Waals surface area contributed by atoms with E-state index in [0.29, 0.717) is 12.1 Å². The zero-order valence-corrected chi connectivity index (χ0v) is 14.9. The number of carbonyl (C=O) groups is 1. The van der Waals surface area contributed by atoms with Crippen LogP contribution in [0, 0.1) is 0 Å². The maximum Gasteiger partial charge on any atom is 0.254 e. The molecule has 1 amide bonds. The van der Waals surface area contributed by atoms with Crippen LogP contribution >= 0.6 is 27.7 Å². The highest BCUT2D eigenvalue weighted by Crippen LogP contribution is 2.25. The van der Waals surface area contributed by atoms with E-state index in [9.17, 15) is 4.79 Å². The van der Waals surface area contributed by atoms with Gasteiger partial charge in [0, 0.05) is 23.0 Å². The molecule has 0 saturated carbocycles. The van der Waals surface area contributed by atoms with Crippen LogP contribution < -0.4 is 5.32 Å². The van der Waals surface area contributed by atoms with E-state index in [-0.39, 0.29) is 5.91 Å². The number of carbonyl (C=O) groups excluding carboxylic acids is 1. The standard InChI is InChI=1S/C17H19BrN2OS/c1-2-3-9-19-16(21)15-8-5-10-20-17(15)22-12-13-6-4-7-14(18)11-13/h4-8,10-11H,2-3,9,12H2,1H3,(H,19,21). The van der Waals surface area contributed by atoms with Gasteiger partial charge in [-0.25, -0.2) is 4.98 Å². The fourth-order valence-electron chi connectivity index (χ4n) is 1.93. The quantitative estimate of drug-likeness (QED) is 0.562. The molecule has 5 heteroatoms. The van der Waals surface area contributed by atoms with Crippen molar-refractivity contribution in [2.75, 3.05) is 6.54 Å². The minimum Gasteiger partial charge on any atom is -0.352 e. The highest BCUT2D eigenvalue weighted by Gasteiger charge is 2.12. The number of benzene rings is 1. The Hall–Kier alpha value is -1.33. The topological polar surface area (TPSA) is 42.0 Å². The van der Waals surface area contributed by atoms with Crippen LogP contribution in [0.5, 0.6) is 0 Å². The van der Waals surface area contributed by atoms with E-state index in [4.69, 9.17) is 0 Å².